The van der Waals surface area contributed by atoms with Gasteiger partial charge < -0.3 is 15.1 Å². The Kier molecular flexibility index (Phi) is 3.09. The minimum atomic E-state index is -0.174. The summed E-state index contributed by atoms with van der Waals surface area (Å²) >= 11 is 0. The minimum Gasteiger partial charge on any atom is -0.456 e. The van der Waals surface area contributed by atoms with Gasteiger partial charge in [0.25, 0.3) is 5.91 Å². The Labute approximate surface area is 111 Å². The highest BCUT2D eigenvalue weighted by molar-refractivity contribution is 5.91. The second kappa shape index (κ2) is 4.90. The van der Waals surface area contributed by atoms with Crippen molar-refractivity contribution in [2.24, 2.45) is 0 Å². The van der Waals surface area contributed by atoms with Gasteiger partial charge >= 0.3 is 0 Å². The number of benzene rings is 1. The van der Waals surface area contributed by atoms with Gasteiger partial charge in [0.05, 0.1) is 0 Å². The van der Waals surface area contributed by atoms with E-state index in [9.17, 15) is 4.79 Å². The van der Waals surface area contributed by atoms with E-state index in [0.717, 1.165) is 24.4 Å². The Balaban J connectivity index is 1.64. The van der Waals surface area contributed by atoms with Crippen molar-refractivity contribution in [2.45, 2.75) is 26.6 Å². The zero-order valence-electron chi connectivity index (χ0n) is 10.8. The summed E-state index contributed by atoms with van der Waals surface area (Å²) in [7, 11) is 0. The number of fused-ring (bicyclic) bond motifs is 1. The van der Waals surface area contributed by atoms with E-state index in [-0.39, 0.29) is 5.91 Å². The van der Waals surface area contributed by atoms with E-state index >= 15 is 0 Å². The van der Waals surface area contributed by atoms with E-state index in [2.05, 4.69) is 28.8 Å². The summed E-state index contributed by atoms with van der Waals surface area (Å²) < 4.78 is 5.29. The van der Waals surface area contributed by atoms with Crippen LogP contribution in [0.1, 0.15) is 33.0 Å². The first-order valence-electron chi connectivity index (χ1n) is 6.38. The zero-order valence-corrected chi connectivity index (χ0v) is 10.8. The quantitative estimate of drug-likeness (QED) is 0.884. The molecule has 0 bridgehead atoms. The lowest BCUT2D eigenvalue weighted by atomic mass is 10.1. The summed E-state index contributed by atoms with van der Waals surface area (Å²) in [5.74, 6) is 0.931. The first kappa shape index (κ1) is 12.0. The van der Waals surface area contributed by atoms with Crippen molar-refractivity contribution in [3.63, 3.8) is 0 Å². The van der Waals surface area contributed by atoms with Gasteiger partial charge in [-0.15, -0.1) is 0 Å². The highest BCUT2D eigenvalue weighted by Gasteiger charge is 2.12. The molecule has 0 saturated heterocycles. The molecule has 0 spiro atoms. The molecule has 0 radical (unpaired) electrons. The van der Waals surface area contributed by atoms with Gasteiger partial charge in [-0.1, -0.05) is 18.2 Å². The molecule has 19 heavy (non-hydrogen) atoms. The van der Waals surface area contributed by atoms with E-state index in [4.69, 9.17) is 4.42 Å². The van der Waals surface area contributed by atoms with Crippen molar-refractivity contribution in [2.75, 3.05) is 0 Å². The van der Waals surface area contributed by atoms with Crippen LogP contribution in [-0.4, -0.2) is 5.91 Å². The van der Waals surface area contributed by atoms with Crippen LogP contribution in [0.25, 0.3) is 0 Å². The van der Waals surface area contributed by atoms with Gasteiger partial charge in [0.1, 0.15) is 5.76 Å². The number of aryl methyl sites for hydroxylation is 1. The maximum atomic E-state index is 11.8. The Morgan fingerprint density at radius 2 is 2.11 bits per heavy atom. The molecule has 1 aromatic carbocycles. The second-order valence-electron chi connectivity index (χ2n) is 4.80. The third-order valence-electron chi connectivity index (χ3n) is 3.32. The SMILES string of the molecule is Cc1ccc(C(=O)NCc2ccc3c(c2)CNC3)o1. The lowest BCUT2D eigenvalue weighted by molar-refractivity contribution is 0.0922. The molecule has 2 heterocycles. The Morgan fingerprint density at radius 3 is 2.89 bits per heavy atom. The van der Waals surface area contributed by atoms with Gasteiger partial charge in [-0.05, 0) is 35.7 Å². The number of nitrogens with one attached hydrogen (secondary N) is 2. The molecule has 1 amide bonds. The molecule has 0 unspecified atom stereocenters. The van der Waals surface area contributed by atoms with Crippen molar-refractivity contribution in [3.8, 4) is 0 Å². The lowest BCUT2D eigenvalue weighted by Gasteiger charge is -2.05. The summed E-state index contributed by atoms with van der Waals surface area (Å²) in [5, 5.41) is 6.17. The Morgan fingerprint density at radius 1 is 1.26 bits per heavy atom. The molecule has 1 aliphatic heterocycles. The molecule has 3 rings (SSSR count). The average Bonchev–Trinajstić information content (AvgIpc) is 3.03. The van der Waals surface area contributed by atoms with Crippen LogP contribution in [-0.2, 0) is 19.6 Å². The summed E-state index contributed by atoms with van der Waals surface area (Å²) in [6, 6.07) is 9.80. The molecule has 4 nitrogen and oxygen atoms in total. The van der Waals surface area contributed by atoms with Crippen LogP contribution in [0.4, 0.5) is 0 Å². The Bertz CT molecular complexity index is 616. The van der Waals surface area contributed by atoms with Crippen LogP contribution in [0.15, 0.2) is 34.7 Å². The molecule has 98 valence electrons. The van der Waals surface area contributed by atoms with E-state index in [1.807, 2.05) is 6.92 Å². The number of hydrogen-bond donors (Lipinski definition) is 2. The monoisotopic (exact) mass is 256 g/mol. The minimum absolute atomic E-state index is 0.174. The molecule has 4 heteroatoms. The van der Waals surface area contributed by atoms with Crippen molar-refractivity contribution in [1.29, 1.82) is 0 Å². The summed E-state index contributed by atoms with van der Waals surface area (Å²) in [4.78, 5) is 11.8. The van der Waals surface area contributed by atoms with Gasteiger partial charge in [0, 0.05) is 19.6 Å². The first-order valence-corrected chi connectivity index (χ1v) is 6.38. The lowest BCUT2D eigenvalue weighted by Crippen LogP contribution is -2.22. The molecule has 0 aliphatic carbocycles. The van der Waals surface area contributed by atoms with E-state index < -0.39 is 0 Å². The molecule has 0 atom stereocenters. The maximum absolute atomic E-state index is 11.8. The summed E-state index contributed by atoms with van der Waals surface area (Å²) in [5.41, 5.74) is 3.77. The second-order valence-corrected chi connectivity index (χ2v) is 4.80. The standard InChI is InChI=1S/C15H16N2O2/c1-10-2-5-14(19-10)15(18)17-7-11-3-4-12-8-16-9-13(12)6-11/h2-6,16H,7-9H2,1H3,(H,17,18). The van der Waals surface area contributed by atoms with Crippen LogP contribution >= 0.6 is 0 Å². The van der Waals surface area contributed by atoms with Gasteiger partial charge in [-0.3, -0.25) is 4.79 Å². The number of carbonyl (C=O) groups excluding carboxylic acids is 1. The maximum Gasteiger partial charge on any atom is 0.287 e. The largest absolute Gasteiger partial charge is 0.456 e. The smallest absolute Gasteiger partial charge is 0.287 e. The number of amides is 1. The van der Waals surface area contributed by atoms with E-state index in [0.29, 0.717) is 12.3 Å². The van der Waals surface area contributed by atoms with E-state index in [1.54, 1.807) is 12.1 Å². The molecular formula is C15H16N2O2. The predicted octanol–water partition coefficient (Wildman–Crippen LogP) is 2.12. The average molecular weight is 256 g/mol. The predicted molar refractivity (Wildman–Crippen MR) is 71.6 cm³/mol. The van der Waals surface area contributed by atoms with Crippen LogP contribution in [0.3, 0.4) is 0 Å². The first-order chi connectivity index (χ1) is 9.22. The fourth-order valence-electron chi connectivity index (χ4n) is 2.28. The highest BCUT2D eigenvalue weighted by Crippen LogP contribution is 2.17. The van der Waals surface area contributed by atoms with Crippen molar-refractivity contribution < 1.29 is 9.21 Å². The fraction of sp³-hybridized carbons (Fsp3) is 0.267. The number of furan rings is 1. The fourth-order valence-corrected chi connectivity index (χ4v) is 2.28. The number of rotatable bonds is 3. The van der Waals surface area contributed by atoms with Crippen molar-refractivity contribution in [1.82, 2.24) is 10.6 Å². The number of carbonyl (C=O) groups is 1. The van der Waals surface area contributed by atoms with Crippen LogP contribution in [0.2, 0.25) is 0 Å². The highest BCUT2D eigenvalue weighted by atomic mass is 16.3. The van der Waals surface area contributed by atoms with Crippen LogP contribution < -0.4 is 10.6 Å². The zero-order chi connectivity index (χ0) is 13.2. The van der Waals surface area contributed by atoms with Crippen molar-refractivity contribution in [3.05, 3.63) is 58.5 Å². The molecular weight excluding hydrogens is 240 g/mol. The van der Waals surface area contributed by atoms with Gasteiger partial charge in [0.2, 0.25) is 0 Å². The molecule has 0 saturated carbocycles. The van der Waals surface area contributed by atoms with Crippen LogP contribution in [0.5, 0.6) is 0 Å². The van der Waals surface area contributed by atoms with E-state index in [1.165, 1.54) is 11.1 Å². The normalized spacial score (nSPS) is 13.3. The molecule has 2 N–H and O–H groups in total. The molecule has 1 aromatic heterocycles. The Hall–Kier alpha value is -2.07. The third kappa shape index (κ3) is 2.53. The topological polar surface area (TPSA) is 54.3 Å². The van der Waals surface area contributed by atoms with Crippen molar-refractivity contribution >= 4 is 5.91 Å². The summed E-state index contributed by atoms with van der Waals surface area (Å²) in [6.07, 6.45) is 0. The number of hydrogen-bond acceptors (Lipinski definition) is 3. The van der Waals surface area contributed by atoms with Gasteiger partial charge in [-0.25, -0.2) is 0 Å². The van der Waals surface area contributed by atoms with Crippen LogP contribution in [0, 0.1) is 6.92 Å². The van der Waals surface area contributed by atoms with Gasteiger partial charge in [0.15, 0.2) is 5.76 Å². The molecule has 0 fully saturated rings. The van der Waals surface area contributed by atoms with Gasteiger partial charge in [-0.2, -0.15) is 0 Å². The summed E-state index contributed by atoms with van der Waals surface area (Å²) in [6.45, 7) is 4.19. The molecule has 1 aliphatic rings. The third-order valence-corrected chi connectivity index (χ3v) is 3.32. The molecule has 2 aromatic rings.